The van der Waals surface area contributed by atoms with E-state index in [1.165, 1.54) is 6.21 Å². The van der Waals surface area contributed by atoms with Gasteiger partial charge in [0.25, 0.3) is 0 Å². The highest BCUT2D eigenvalue weighted by atomic mass is 35.5. The smallest absolute Gasteiger partial charge is 0.329 e. The number of halogens is 3. The van der Waals surface area contributed by atoms with Crippen LogP contribution in [0.1, 0.15) is 11.1 Å². The zero-order valence-electron chi connectivity index (χ0n) is 15.9. The summed E-state index contributed by atoms with van der Waals surface area (Å²) in [4.78, 5) is 23.8. The monoisotopic (exact) mass is 475 g/mol. The van der Waals surface area contributed by atoms with Gasteiger partial charge >= 0.3 is 11.8 Å². The number of benzene rings is 3. The Balaban J connectivity index is 1.53. The van der Waals surface area contributed by atoms with Gasteiger partial charge in [0.05, 0.1) is 27.0 Å². The van der Waals surface area contributed by atoms with Crippen molar-refractivity contribution in [3.63, 3.8) is 0 Å². The number of rotatable bonds is 6. The van der Waals surface area contributed by atoms with Gasteiger partial charge in [0.15, 0.2) is 0 Å². The van der Waals surface area contributed by atoms with Gasteiger partial charge in [0.1, 0.15) is 12.4 Å². The van der Waals surface area contributed by atoms with Crippen LogP contribution in [0.2, 0.25) is 15.1 Å². The summed E-state index contributed by atoms with van der Waals surface area (Å²) in [6.07, 6.45) is 1.40. The van der Waals surface area contributed by atoms with E-state index in [9.17, 15) is 9.59 Å². The topological polar surface area (TPSA) is 79.8 Å². The van der Waals surface area contributed by atoms with Gasteiger partial charge < -0.3 is 10.1 Å². The molecule has 6 nitrogen and oxygen atoms in total. The Kier molecular flexibility index (Phi) is 7.89. The zero-order valence-corrected chi connectivity index (χ0v) is 18.2. The lowest BCUT2D eigenvalue weighted by molar-refractivity contribution is -0.136. The first-order valence-electron chi connectivity index (χ1n) is 8.98. The van der Waals surface area contributed by atoms with E-state index in [0.717, 1.165) is 5.56 Å². The van der Waals surface area contributed by atoms with Gasteiger partial charge in [0, 0.05) is 0 Å². The maximum Gasteiger partial charge on any atom is 0.329 e. The van der Waals surface area contributed by atoms with Crippen molar-refractivity contribution in [2.75, 3.05) is 5.32 Å². The van der Waals surface area contributed by atoms with Gasteiger partial charge in [-0.25, -0.2) is 5.43 Å². The van der Waals surface area contributed by atoms with E-state index in [2.05, 4.69) is 15.8 Å². The van der Waals surface area contributed by atoms with Gasteiger partial charge in [-0.2, -0.15) is 5.10 Å². The van der Waals surface area contributed by atoms with Crippen molar-refractivity contribution in [2.24, 2.45) is 5.10 Å². The highest BCUT2D eigenvalue weighted by Crippen LogP contribution is 2.23. The van der Waals surface area contributed by atoms with Crippen molar-refractivity contribution in [2.45, 2.75) is 6.61 Å². The van der Waals surface area contributed by atoms with Crippen LogP contribution in [0.3, 0.4) is 0 Å². The number of para-hydroxylation sites is 1. The Bertz CT molecular complexity index is 1140. The fraction of sp³-hybridized carbons (Fsp3) is 0.0455. The normalized spacial score (nSPS) is 10.7. The van der Waals surface area contributed by atoms with Crippen LogP contribution in [0.15, 0.2) is 71.8 Å². The minimum absolute atomic E-state index is 0.302. The quantitative estimate of drug-likeness (QED) is 0.287. The largest absolute Gasteiger partial charge is 0.489 e. The average molecular weight is 477 g/mol. The van der Waals surface area contributed by atoms with Crippen molar-refractivity contribution in [1.82, 2.24) is 5.43 Å². The summed E-state index contributed by atoms with van der Waals surface area (Å²) >= 11 is 17.9. The van der Waals surface area contributed by atoms with Crippen LogP contribution in [0.25, 0.3) is 0 Å². The molecule has 0 aliphatic heterocycles. The maximum absolute atomic E-state index is 11.9. The molecule has 3 rings (SSSR count). The number of carbonyl (C=O) groups is 2. The minimum atomic E-state index is -0.928. The van der Waals surface area contributed by atoms with Crippen LogP contribution in [-0.4, -0.2) is 18.0 Å². The molecule has 0 saturated carbocycles. The van der Waals surface area contributed by atoms with Crippen LogP contribution in [-0.2, 0) is 16.2 Å². The first kappa shape index (κ1) is 22.6. The Morgan fingerprint density at radius 2 is 1.68 bits per heavy atom. The number of anilines is 1. The minimum Gasteiger partial charge on any atom is -0.489 e. The van der Waals surface area contributed by atoms with Crippen molar-refractivity contribution in [1.29, 1.82) is 0 Å². The molecule has 0 spiro atoms. The lowest BCUT2D eigenvalue weighted by atomic mass is 10.2. The zero-order chi connectivity index (χ0) is 22.2. The molecule has 0 bridgehead atoms. The molecule has 2 N–H and O–H groups in total. The Morgan fingerprint density at radius 1 is 0.871 bits per heavy atom. The van der Waals surface area contributed by atoms with E-state index in [0.29, 0.717) is 38.7 Å². The molecular weight excluding hydrogens is 461 g/mol. The summed E-state index contributed by atoms with van der Waals surface area (Å²) in [7, 11) is 0. The van der Waals surface area contributed by atoms with Crippen molar-refractivity contribution in [3.05, 3.63) is 92.9 Å². The molecular formula is C22H16Cl3N3O3. The van der Waals surface area contributed by atoms with E-state index < -0.39 is 11.8 Å². The predicted molar refractivity (Wildman–Crippen MR) is 123 cm³/mol. The van der Waals surface area contributed by atoms with E-state index in [1.807, 2.05) is 6.07 Å². The van der Waals surface area contributed by atoms with Crippen LogP contribution >= 0.6 is 34.8 Å². The maximum atomic E-state index is 11.9. The molecule has 0 unspecified atom stereocenters. The molecule has 9 heteroatoms. The molecule has 3 aromatic rings. The standard InChI is InChI=1S/C22H16Cl3N3O3/c23-17-9-8-15(11-19(17)25)13-31-16-5-3-4-14(10-16)12-26-28-22(30)21(29)27-20-7-2-1-6-18(20)24/h1-12H,13H2,(H,27,29)(H,28,30)/b26-12-. The van der Waals surface area contributed by atoms with Crippen LogP contribution in [0.5, 0.6) is 5.75 Å². The molecule has 0 heterocycles. The van der Waals surface area contributed by atoms with Crippen molar-refractivity contribution in [3.8, 4) is 5.75 Å². The highest BCUT2D eigenvalue weighted by Gasteiger charge is 2.14. The fourth-order valence-electron chi connectivity index (χ4n) is 2.44. The number of nitrogens with zero attached hydrogens (tertiary/aromatic N) is 1. The lowest BCUT2D eigenvalue weighted by Gasteiger charge is -2.08. The summed E-state index contributed by atoms with van der Waals surface area (Å²) in [6.45, 7) is 0.302. The third kappa shape index (κ3) is 6.72. The van der Waals surface area contributed by atoms with Crippen LogP contribution < -0.4 is 15.5 Å². The second-order valence-corrected chi connectivity index (χ2v) is 7.46. The fourth-order valence-corrected chi connectivity index (χ4v) is 2.94. The van der Waals surface area contributed by atoms with E-state index >= 15 is 0 Å². The Labute approximate surface area is 193 Å². The number of hydrogen-bond acceptors (Lipinski definition) is 4. The summed E-state index contributed by atoms with van der Waals surface area (Å²) in [6, 6.07) is 18.9. The number of ether oxygens (including phenoxy) is 1. The first-order chi connectivity index (χ1) is 14.9. The second-order valence-electron chi connectivity index (χ2n) is 6.24. The molecule has 0 atom stereocenters. The molecule has 0 fully saturated rings. The predicted octanol–water partition coefficient (Wildman–Crippen LogP) is 5.31. The lowest BCUT2D eigenvalue weighted by Crippen LogP contribution is -2.32. The Morgan fingerprint density at radius 3 is 2.45 bits per heavy atom. The number of carbonyl (C=O) groups excluding carboxylic acids is 2. The molecule has 0 aliphatic carbocycles. The summed E-state index contributed by atoms with van der Waals surface area (Å²) in [5.74, 6) is -1.22. The average Bonchev–Trinajstić information content (AvgIpc) is 2.76. The molecule has 0 saturated heterocycles. The van der Waals surface area contributed by atoms with Gasteiger partial charge in [0.2, 0.25) is 0 Å². The molecule has 3 aromatic carbocycles. The van der Waals surface area contributed by atoms with Crippen molar-refractivity contribution >= 4 is 58.5 Å². The molecule has 0 radical (unpaired) electrons. The summed E-state index contributed by atoms with van der Waals surface area (Å²) in [5, 5.41) is 7.47. The Hall–Kier alpha value is -3.06. The first-order valence-corrected chi connectivity index (χ1v) is 10.1. The van der Waals surface area contributed by atoms with Crippen LogP contribution in [0.4, 0.5) is 5.69 Å². The van der Waals surface area contributed by atoms with Gasteiger partial charge in [-0.1, -0.05) is 65.1 Å². The second kappa shape index (κ2) is 10.8. The van der Waals surface area contributed by atoms with E-state index in [4.69, 9.17) is 39.5 Å². The molecule has 158 valence electrons. The SMILES string of the molecule is O=C(N/N=C\c1cccc(OCc2ccc(Cl)c(Cl)c2)c1)C(=O)Nc1ccccc1Cl. The molecule has 2 amide bonds. The van der Waals surface area contributed by atoms with Crippen LogP contribution in [0, 0.1) is 0 Å². The number of hydrogen-bond donors (Lipinski definition) is 2. The number of hydrazone groups is 1. The number of nitrogens with one attached hydrogen (secondary N) is 2. The number of amides is 2. The van der Waals surface area contributed by atoms with Gasteiger partial charge in [-0.05, 0) is 47.5 Å². The molecule has 0 aliphatic rings. The molecule has 31 heavy (non-hydrogen) atoms. The van der Waals surface area contributed by atoms with Crippen molar-refractivity contribution < 1.29 is 14.3 Å². The highest BCUT2D eigenvalue weighted by molar-refractivity contribution is 6.42. The van der Waals surface area contributed by atoms with Gasteiger partial charge in [-0.3, -0.25) is 9.59 Å². The van der Waals surface area contributed by atoms with E-state index in [1.54, 1.807) is 60.7 Å². The summed E-state index contributed by atoms with van der Waals surface area (Å²) < 4.78 is 5.74. The molecule has 0 aromatic heterocycles. The third-order valence-electron chi connectivity index (χ3n) is 3.96. The van der Waals surface area contributed by atoms with Gasteiger partial charge in [-0.15, -0.1) is 0 Å². The van der Waals surface area contributed by atoms with E-state index in [-0.39, 0.29) is 0 Å². The summed E-state index contributed by atoms with van der Waals surface area (Å²) in [5.41, 5.74) is 4.03. The third-order valence-corrected chi connectivity index (χ3v) is 5.02.